The molecule has 0 radical (unpaired) electrons. The maximum atomic E-state index is 9.96. The van der Waals surface area contributed by atoms with Crippen molar-refractivity contribution in [3.05, 3.63) is 35.4 Å². The Kier molecular flexibility index (Phi) is 6.90. The Morgan fingerprint density at radius 2 is 1.83 bits per heavy atom. The van der Waals surface area contributed by atoms with Gasteiger partial charge in [0.1, 0.15) is 6.10 Å². The maximum absolute atomic E-state index is 9.96. The van der Waals surface area contributed by atoms with Crippen LogP contribution in [0.25, 0.3) is 0 Å². The molecule has 2 atom stereocenters. The zero-order valence-electron chi connectivity index (χ0n) is 10.8. The summed E-state index contributed by atoms with van der Waals surface area (Å²) in [6, 6.07) is 7.53. The molecule has 0 aliphatic rings. The van der Waals surface area contributed by atoms with Crippen molar-refractivity contribution in [1.29, 1.82) is 0 Å². The van der Waals surface area contributed by atoms with E-state index in [2.05, 4.69) is 5.32 Å². The Bertz CT molecular complexity index is 326. The van der Waals surface area contributed by atoms with Crippen LogP contribution in [0.2, 0.25) is 0 Å². The van der Waals surface area contributed by atoms with Crippen LogP contribution in [0, 0.1) is 0 Å². The highest BCUT2D eigenvalue weighted by atomic mass is 16.3. The van der Waals surface area contributed by atoms with Crippen molar-refractivity contribution >= 4 is 0 Å². The third-order valence-corrected chi connectivity index (χ3v) is 3.00. The lowest BCUT2D eigenvalue weighted by molar-refractivity contribution is 0.0140. The predicted molar refractivity (Wildman–Crippen MR) is 71.4 cm³/mol. The van der Waals surface area contributed by atoms with Crippen molar-refractivity contribution in [3.8, 4) is 0 Å². The van der Waals surface area contributed by atoms with Gasteiger partial charge in [-0.05, 0) is 44.0 Å². The van der Waals surface area contributed by atoms with Crippen LogP contribution in [0.4, 0.5) is 0 Å². The zero-order chi connectivity index (χ0) is 13.4. The van der Waals surface area contributed by atoms with Gasteiger partial charge in [-0.1, -0.05) is 24.3 Å². The van der Waals surface area contributed by atoms with Gasteiger partial charge in [-0.2, -0.15) is 0 Å². The fourth-order valence-corrected chi connectivity index (χ4v) is 1.84. The monoisotopic (exact) mass is 253 g/mol. The standard InChI is InChI=1S/C14H23NO3/c1-15-9-8-13(17)14(18)12-6-4-11(5-7-12)3-2-10-16/h4-7,13-18H,2-3,8-10H2,1H3. The van der Waals surface area contributed by atoms with Gasteiger partial charge < -0.3 is 20.6 Å². The van der Waals surface area contributed by atoms with Crippen LogP contribution in [0.1, 0.15) is 30.1 Å². The molecule has 102 valence electrons. The Hall–Kier alpha value is -0.940. The normalized spacial score (nSPS) is 14.4. The number of aliphatic hydroxyl groups is 3. The molecular weight excluding hydrogens is 230 g/mol. The minimum atomic E-state index is -0.842. The maximum Gasteiger partial charge on any atom is 0.105 e. The quantitative estimate of drug-likeness (QED) is 0.548. The molecule has 0 aliphatic carbocycles. The smallest absolute Gasteiger partial charge is 0.105 e. The SMILES string of the molecule is CNCCC(O)C(O)c1ccc(CCCO)cc1. The first-order valence-electron chi connectivity index (χ1n) is 6.39. The molecule has 0 spiro atoms. The van der Waals surface area contributed by atoms with E-state index in [1.807, 2.05) is 31.3 Å². The molecule has 4 heteroatoms. The molecule has 0 saturated heterocycles. The van der Waals surface area contributed by atoms with Gasteiger partial charge in [-0.15, -0.1) is 0 Å². The van der Waals surface area contributed by atoms with Crippen molar-refractivity contribution in [2.45, 2.75) is 31.5 Å². The summed E-state index contributed by atoms with van der Waals surface area (Å²) in [6.45, 7) is 0.861. The summed E-state index contributed by atoms with van der Waals surface area (Å²) in [4.78, 5) is 0. The molecule has 18 heavy (non-hydrogen) atoms. The van der Waals surface area contributed by atoms with Gasteiger partial charge in [0, 0.05) is 6.61 Å². The first kappa shape index (κ1) is 15.1. The van der Waals surface area contributed by atoms with Gasteiger partial charge in [-0.3, -0.25) is 0 Å². The number of hydrogen-bond acceptors (Lipinski definition) is 4. The number of nitrogens with one attached hydrogen (secondary N) is 1. The average molecular weight is 253 g/mol. The molecule has 0 amide bonds. The minimum absolute atomic E-state index is 0.188. The molecule has 0 bridgehead atoms. The number of rotatable bonds is 8. The van der Waals surface area contributed by atoms with Crippen LogP contribution in [-0.2, 0) is 6.42 Å². The molecule has 1 aromatic rings. The summed E-state index contributed by atoms with van der Waals surface area (Å²) < 4.78 is 0. The van der Waals surface area contributed by atoms with E-state index in [4.69, 9.17) is 5.11 Å². The molecule has 0 aromatic heterocycles. The van der Waals surface area contributed by atoms with Crippen molar-refractivity contribution in [1.82, 2.24) is 5.32 Å². The molecule has 4 nitrogen and oxygen atoms in total. The van der Waals surface area contributed by atoms with E-state index < -0.39 is 12.2 Å². The van der Waals surface area contributed by atoms with E-state index in [0.717, 1.165) is 24.0 Å². The number of hydrogen-bond donors (Lipinski definition) is 4. The lowest BCUT2D eigenvalue weighted by Crippen LogP contribution is -2.23. The van der Waals surface area contributed by atoms with Crippen LogP contribution in [0.3, 0.4) is 0 Å². The highest BCUT2D eigenvalue weighted by molar-refractivity contribution is 5.24. The Labute approximate surface area is 108 Å². The first-order valence-corrected chi connectivity index (χ1v) is 6.39. The molecule has 0 heterocycles. The number of benzene rings is 1. The van der Waals surface area contributed by atoms with Gasteiger partial charge in [0.2, 0.25) is 0 Å². The Morgan fingerprint density at radius 3 is 2.39 bits per heavy atom. The van der Waals surface area contributed by atoms with Crippen molar-refractivity contribution in [2.24, 2.45) is 0 Å². The zero-order valence-corrected chi connectivity index (χ0v) is 10.8. The molecule has 0 saturated carbocycles. The Balaban J connectivity index is 2.55. The molecular formula is C14H23NO3. The van der Waals surface area contributed by atoms with Crippen LogP contribution in [0.5, 0.6) is 0 Å². The van der Waals surface area contributed by atoms with Gasteiger partial charge in [0.25, 0.3) is 0 Å². The topological polar surface area (TPSA) is 72.7 Å². The second-order valence-electron chi connectivity index (χ2n) is 4.47. The minimum Gasteiger partial charge on any atom is -0.396 e. The Morgan fingerprint density at radius 1 is 1.17 bits per heavy atom. The second-order valence-corrected chi connectivity index (χ2v) is 4.47. The van der Waals surface area contributed by atoms with Crippen LogP contribution < -0.4 is 5.32 Å². The van der Waals surface area contributed by atoms with E-state index in [-0.39, 0.29) is 6.61 Å². The predicted octanol–water partition coefficient (Wildman–Crippen LogP) is 0.615. The summed E-state index contributed by atoms with van der Waals surface area (Å²) in [6.07, 6.45) is 0.497. The fourth-order valence-electron chi connectivity index (χ4n) is 1.84. The molecule has 0 fully saturated rings. The average Bonchev–Trinajstić information content (AvgIpc) is 2.42. The third kappa shape index (κ3) is 4.74. The van der Waals surface area contributed by atoms with E-state index in [0.29, 0.717) is 13.0 Å². The summed E-state index contributed by atoms with van der Waals surface area (Å²) in [7, 11) is 1.81. The van der Waals surface area contributed by atoms with Crippen LogP contribution in [-0.4, -0.2) is 41.6 Å². The second kappa shape index (κ2) is 8.21. The van der Waals surface area contributed by atoms with E-state index in [1.165, 1.54) is 0 Å². The van der Waals surface area contributed by atoms with E-state index in [1.54, 1.807) is 0 Å². The van der Waals surface area contributed by atoms with Gasteiger partial charge in [0.05, 0.1) is 6.10 Å². The summed E-state index contributed by atoms with van der Waals surface area (Å²) in [5.41, 5.74) is 1.86. The fraction of sp³-hybridized carbons (Fsp3) is 0.571. The highest BCUT2D eigenvalue weighted by Gasteiger charge is 2.17. The lowest BCUT2D eigenvalue weighted by atomic mass is 9.99. The van der Waals surface area contributed by atoms with Gasteiger partial charge in [-0.25, -0.2) is 0 Å². The lowest BCUT2D eigenvalue weighted by Gasteiger charge is -2.18. The summed E-state index contributed by atoms with van der Waals surface area (Å²) in [5, 5.41) is 31.4. The molecule has 0 aliphatic heterocycles. The summed E-state index contributed by atoms with van der Waals surface area (Å²) >= 11 is 0. The molecule has 2 unspecified atom stereocenters. The summed E-state index contributed by atoms with van der Waals surface area (Å²) in [5.74, 6) is 0. The largest absolute Gasteiger partial charge is 0.396 e. The highest BCUT2D eigenvalue weighted by Crippen LogP contribution is 2.19. The van der Waals surface area contributed by atoms with Gasteiger partial charge in [0.15, 0.2) is 0 Å². The number of aryl methyl sites for hydroxylation is 1. The number of aliphatic hydroxyl groups excluding tert-OH is 3. The molecule has 4 N–H and O–H groups in total. The molecule has 1 rings (SSSR count). The van der Waals surface area contributed by atoms with Crippen molar-refractivity contribution < 1.29 is 15.3 Å². The van der Waals surface area contributed by atoms with E-state index in [9.17, 15) is 10.2 Å². The van der Waals surface area contributed by atoms with Gasteiger partial charge >= 0.3 is 0 Å². The van der Waals surface area contributed by atoms with E-state index >= 15 is 0 Å². The third-order valence-electron chi connectivity index (χ3n) is 3.00. The van der Waals surface area contributed by atoms with Crippen molar-refractivity contribution in [2.75, 3.05) is 20.2 Å². The first-order chi connectivity index (χ1) is 8.69. The van der Waals surface area contributed by atoms with Crippen LogP contribution >= 0.6 is 0 Å². The van der Waals surface area contributed by atoms with Crippen molar-refractivity contribution in [3.63, 3.8) is 0 Å². The van der Waals surface area contributed by atoms with Crippen LogP contribution in [0.15, 0.2) is 24.3 Å². The molecule has 1 aromatic carbocycles.